The van der Waals surface area contributed by atoms with E-state index in [1.165, 1.54) is 58.5 Å². The van der Waals surface area contributed by atoms with Crippen molar-refractivity contribution >= 4 is 91.2 Å². The van der Waals surface area contributed by atoms with Crippen molar-refractivity contribution < 1.29 is 23.9 Å². The van der Waals surface area contributed by atoms with Crippen LogP contribution in [-0.4, -0.2) is 64.5 Å². The molecular formula is C55H70MgN4O5. The second-order valence-corrected chi connectivity index (χ2v) is 19.2. The Morgan fingerprint density at radius 2 is 1.31 bits per heavy atom. The Kier molecular flexibility index (Phi) is 18.0. The van der Waals surface area contributed by atoms with Crippen molar-refractivity contribution in [2.24, 2.45) is 23.7 Å². The fraction of sp³-hybridized carbons (Fsp3) is 0.509. The molecule has 3 aliphatic rings. The molecule has 4 unspecified atom stereocenters. The molecule has 0 saturated carbocycles. The number of hydrogen-bond acceptors (Lipinski definition) is 7. The van der Waals surface area contributed by atoms with Gasteiger partial charge in [-0.15, -0.1) is 22.1 Å². The van der Waals surface area contributed by atoms with Gasteiger partial charge in [0.2, 0.25) is 0 Å². The van der Waals surface area contributed by atoms with Crippen LogP contribution in [0.5, 0.6) is 0 Å². The second kappa shape index (κ2) is 22.8. The van der Waals surface area contributed by atoms with Crippen LogP contribution in [-0.2, 0) is 30.3 Å². The predicted octanol–water partition coefficient (Wildman–Crippen LogP) is 12.3. The van der Waals surface area contributed by atoms with Gasteiger partial charge in [0.25, 0.3) is 0 Å². The molecule has 0 radical (unpaired) electrons. The number of methoxy groups -OCH3 is 1. The Morgan fingerprint density at radius 1 is 0.738 bits per heavy atom. The van der Waals surface area contributed by atoms with Gasteiger partial charge < -0.3 is 19.4 Å². The first-order chi connectivity index (χ1) is 30.6. The van der Waals surface area contributed by atoms with E-state index >= 15 is 0 Å². The van der Waals surface area contributed by atoms with E-state index in [9.17, 15) is 14.4 Å². The van der Waals surface area contributed by atoms with Gasteiger partial charge in [-0.3, -0.25) is 14.4 Å². The fourth-order valence-electron chi connectivity index (χ4n) is 9.70. The summed E-state index contributed by atoms with van der Waals surface area (Å²) >= 11 is 0. The van der Waals surface area contributed by atoms with Crippen LogP contribution < -0.4 is 9.97 Å². The minimum atomic E-state index is -1.26. The van der Waals surface area contributed by atoms with Crippen LogP contribution >= 0.6 is 0 Å². The maximum atomic E-state index is 14.3. The van der Waals surface area contributed by atoms with Gasteiger partial charge in [-0.2, -0.15) is 0 Å². The summed E-state index contributed by atoms with van der Waals surface area (Å²) in [6.07, 6.45) is 16.3. The summed E-state index contributed by atoms with van der Waals surface area (Å²) in [6.45, 7) is 28.0. The van der Waals surface area contributed by atoms with Crippen LogP contribution in [0.3, 0.4) is 0 Å². The SMILES string of the molecule is C=CC1=C(C)c2cc3[n-]c(c(CCC(=O)OCCC(C)CCCC(C)CCCC(C)CCCC(C)C)c3C)c3c4nc(cc5[n-]c(cc1n2)c(C)c5C=C)C(C)=C4C(=O)C3C(=O)OC.[Mg+2]. The number of nitrogens with zero attached hydrogens (tertiary/aromatic N) is 4. The Morgan fingerprint density at radius 3 is 1.91 bits per heavy atom. The molecule has 0 fully saturated rings. The molecule has 65 heavy (non-hydrogen) atoms. The number of ketones is 1. The van der Waals surface area contributed by atoms with E-state index in [2.05, 4.69) is 47.8 Å². The monoisotopic (exact) mass is 891 g/mol. The number of esters is 2. The predicted molar refractivity (Wildman–Crippen MR) is 267 cm³/mol. The van der Waals surface area contributed by atoms with Crippen molar-refractivity contribution in [2.45, 2.75) is 145 Å². The summed E-state index contributed by atoms with van der Waals surface area (Å²) in [5, 5.41) is 0. The molecule has 0 spiro atoms. The zero-order valence-corrected chi connectivity index (χ0v) is 42.3. The topological polar surface area (TPSA) is 124 Å². The molecule has 3 aromatic heterocycles. The normalized spacial score (nSPS) is 15.9. The number of hydrogen-bond donors (Lipinski definition) is 0. The van der Waals surface area contributed by atoms with Crippen LogP contribution in [0, 0.1) is 37.5 Å². The van der Waals surface area contributed by atoms with Crippen LogP contribution in [0.2, 0.25) is 0 Å². The molecule has 6 rings (SSSR count). The molecule has 4 atom stereocenters. The van der Waals surface area contributed by atoms with E-state index in [1.807, 2.05) is 45.9 Å². The van der Waals surface area contributed by atoms with Gasteiger partial charge in [0.05, 0.1) is 36.5 Å². The average Bonchev–Trinajstić information content (AvgIpc) is 3.99. The van der Waals surface area contributed by atoms with Gasteiger partial charge in [0, 0.05) is 17.6 Å². The van der Waals surface area contributed by atoms with Gasteiger partial charge in [0.1, 0.15) is 5.92 Å². The van der Waals surface area contributed by atoms with Crippen LogP contribution in [0.25, 0.3) is 50.4 Å². The Bertz CT molecular complexity index is 2540. The molecular weight excluding hydrogens is 821 g/mol. The number of fused-ring (bicyclic) bond motifs is 8. The molecule has 1 aliphatic carbocycles. The zero-order chi connectivity index (χ0) is 46.4. The minimum absolute atomic E-state index is 0. The summed E-state index contributed by atoms with van der Waals surface area (Å²) in [4.78, 5) is 61.5. The smallest absolute Gasteiger partial charge is 0.657 e. The van der Waals surface area contributed by atoms with Gasteiger partial charge in [-0.25, -0.2) is 9.97 Å². The molecule has 0 saturated heterocycles. The molecule has 8 bridgehead atoms. The maximum Gasteiger partial charge on any atom is 2.00 e. The third kappa shape index (κ3) is 11.5. The van der Waals surface area contributed by atoms with Gasteiger partial charge in [-0.05, 0) is 86.5 Å². The molecule has 5 heterocycles. The minimum Gasteiger partial charge on any atom is -0.657 e. The van der Waals surface area contributed by atoms with Gasteiger partial charge >= 0.3 is 35.0 Å². The molecule has 10 heteroatoms. The molecule has 0 aromatic carbocycles. The maximum absolute atomic E-state index is 14.3. The number of aryl methyl sites for hydroxylation is 3. The fourth-order valence-corrected chi connectivity index (χ4v) is 9.70. The zero-order valence-electron chi connectivity index (χ0n) is 40.9. The second-order valence-electron chi connectivity index (χ2n) is 19.2. The van der Waals surface area contributed by atoms with E-state index in [1.54, 1.807) is 12.2 Å². The number of ether oxygens (including phenoxy) is 2. The summed E-state index contributed by atoms with van der Waals surface area (Å²) < 4.78 is 11.1. The summed E-state index contributed by atoms with van der Waals surface area (Å²) in [5.74, 6) is 0.166. The van der Waals surface area contributed by atoms with E-state index in [4.69, 9.17) is 29.4 Å². The molecule has 2 aliphatic heterocycles. The number of aromatic nitrogens is 4. The first kappa shape index (κ1) is 51.4. The number of carbonyl (C=O) groups is 3. The van der Waals surface area contributed by atoms with Crippen molar-refractivity contribution in [1.82, 2.24) is 19.9 Å². The van der Waals surface area contributed by atoms with Gasteiger partial charge in [-0.1, -0.05) is 153 Å². The Labute approximate surface area is 403 Å². The summed E-state index contributed by atoms with van der Waals surface area (Å²) in [7, 11) is 1.28. The molecule has 0 N–H and O–H groups in total. The third-order valence-corrected chi connectivity index (χ3v) is 13.9. The quantitative estimate of drug-likeness (QED) is 0.0584. The first-order valence-corrected chi connectivity index (χ1v) is 23.7. The Balaban J connectivity index is 0.00000793. The summed E-state index contributed by atoms with van der Waals surface area (Å²) in [6, 6.07) is 5.75. The molecule has 342 valence electrons. The molecule has 3 aromatic rings. The van der Waals surface area contributed by atoms with Crippen LogP contribution in [0.4, 0.5) is 0 Å². The van der Waals surface area contributed by atoms with Crippen LogP contribution in [0.15, 0.2) is 37.4 Å². The van der Waals surface area contributed by atoms with Crippen molar-refractivity contribution in [1.29, 1.82) is 0 Å². The van der Waals surface area contributed by atoms with E-state index in [0.29, 0.717) is 62.9 Å². The van der Waals surface area contributed by atoms with Crippen molar-refractivity contribution in [3.63, 3.8) is 0 Å². The number of carbonyl (C=O) groups excluding carboxylic acids is 3. The summed E-state index contributed by atoms with van der Waals surface area (Å²) in [5.41, 5.74) is 11.4. The first-order valence-electron chi connectivity index (χ1n) is 23.7. The number of rotatable bonds is 21. The van der Waals surface area contributed by atoms with Crippen molar-refractivity contribution in [2.75, 3.05) is 13.7 Å². The number of allylic oxidation sites excluding steroid dienone is 5. The molecule has 0 amide bonds. The molecule has 9 nitrogen and oxygen atoms in total. The Hall–Kier alpha value is -4.54. The third-order valence-electron chi connectivity index (χ3n) is 13.9. The number of Topliss-reactive ketones (excluding diaryl/α,β-unsaturated/α-hetero) is 1. The average molecular weight is 891 g/mol. The van der Waals surface area contributed by atoms with E-state index < -0.39 is 17.7 Å². The largest absolute Gasteiger partial charge is 2.00 e. The van der Waals surface area contributed by atoms with Crippen molar-refractivity contribution in [3.05, 3.63) is 88.0 Å². The standard InChI is InChI=1S/C55H71N4O5.Mg/c1-13-39-35(8)42-28-44-37(10)41(24-25-48(60)64-27-26-34(7)23-17-22-33(6)21-16-20-32(5)19-15-18-31(3)4)52(58-44)50-51(55(62)63-12)54(61)49-38(11)45(59-53(49)50)30-47-40(14-2)36(9)43(57-47)29-46(39)56-42;/h13-14,28-34,51H,1-2,15-27H2,3-12H3,(H-,56,57,58,59,61);/q-1;+2/p-1. The van der Waals surface area contributed by atoms with E-state index in [-0.39, 0.29) is 41.9 Å². The van der Waals surface area contributed by atoms with E-state index in [0.717, 1.165) is 75.2 Å². The van der Waals surface area contributed by atoms with Crippen molar-refractivity contribution in [3.8, 4) is 0 Å². The van der Waals surface area contributed by atoms with Gasteiger partial charge in [0.15, 0.2) is 5.78 Å². The van der Waals surface area contributed by atoms with Crippen LogP contribution in [0.1, 0.15) is 176 Å².